The summed E-state index contributed by atoms with van der Waals surface area (Å²) in [5, 5.41) is 13.2. The van der Waals surface area contributed by atoms with Crippen molar-refractivity contribution < 1.29 is 4.42 Å². The van der Waals surface area contributed by atoms with Gasteiger partial charge in [0.25, 0.3) is 5.89 Å². The lowest BCUT2D eigenvalue weighted by Crippen LogP contribution is -1.99. The van der Waals surface area contributed by atoms with Crippen LogP contribution in [0.5, 0.6) is 0 Å². The molecule has 0 aliphatic rings. The standard InChI is InChI=1S/C23H16ClN5O/c1-14-6-8-15(9-7-14)22-28-29-23(30-22)21-26-19-5-3-2-4-18(19)20(27-21)25-17-12-10-16(24)11-13-17/h2-13H,1H3,(H,25,26,27). The van der Waals surface area contributed by atoms with E-state index >= 15 is 0 Å². The number of benzene rings is 3. The zero-order valence-corrected chi connectivity index (χ0v) is 16.8. The number of nitrogens with one attached hydrogen (secondary N) is 1. The molecule has 0 radical (unpaired) electrons. The van der Waals surface area contributed by atoms with E-state index in [0.717, 1.165) is 27.7 Å². The molecule has 0 bridgehead atoms. The minimum atomic E-state index is 0.260. The van der Waals surface area contributed by atoms with Crippen LogP contribution in [-0.4, -0.2) is 20.2 Å². The van der Waals surface area contributed by atoms with E-state index in [9.17, 15) is 0 Å². The van der Waals surface area contributed by atoms with Crippen molar-refractivity contribution in [3.63, 3.8) is 0 Å². The molecular weight excluding hydrogens is 398 g/mol. The maximum absolute atomic E-state index is 6.00. The average molecular weight is 414 g/mol. The van der Waals surface area contributed by atoms with Crippen LogP contribution in [0.25, 0.3) is 34.1 Å². The molecule has 5 rings (SSSR count). The highest BCUT2D eigenvalue weighted by molar-refractivity contribution is 6.30. The van der Waals surface area contributed by atoms with Crippen LogP contribution in [0.2, 0.25) is 5.02 Å². The molecule has 0 spiro atoms. The van der Waals surface area contributed by atoms with Crippen molar-refractivity contribution in [2.24, 2.45) is 0 Å². The average Bonchev–Trinajstić information content (AvgIpc) is 3.26. The fourth-order valence-electron chi connectivity index (χ4n) is 3.06. The zero-order chi connectivity index (χ0) is 20.5. The van der Waals surface area contributed by atoms with E-state index in [1.165, 1.54) is 0 Å². The maximum Gasteiger partial charge on any atom is 0.286 e. The Morgan fingerprint density at radius 3 is 2.33 bits per heavy atom. The van der Waals surface area contributed by atoms with Crippen molar-refractivity contribution in [2.75, 3.05) is 5.32 Å². The number of anilines is 2. The molecule has 3 aromatic carbocycles. The van der Waals surface area contributed by atoms with Crippen molar-refractivity contribution >= 4 is 34.0 Å². The lowest BCUT2D eigenvalue weighted by molar-refractivity contribution is 0.579. The molecule has 30 heavy (non-hydrogen) atoms. The van der Waals surface area contributed by atoms with Gasteiger partial charge in [-0.25, -0.2) is 9.97 Å². The Kier molecular flexibility index (Phi) is 4.61. The molecule has 0 aliphatic heterocycles. The highest BCUT2D eigenvalue weighted by atomic mass is 35.5. The van der Waals surface area contributed by atoms with Gasteiger partial charge in [-0.3, -0.25) is 0 Å². The van der Waals surface area contributed by atoms with Crippen molar-refractivity contribution in [3.8, 4) is 23.2 Å². The predicted molar refractivity (Wildman–Crippen MR) is 118 cm³/mol. The lowest BCUT2D eigenvalue weighted by atomic mass is 10.1. The van der Waals surface area contributed by atoms with Gasteiger partial charge in [-0.15, -0.1) is 10.2 Å². The Balaban J connectivity index is 1.56. The molecule has 146 valence electrons. The molecular formula is C23H16ClN5O. The van der Waals surface area contributed by atoms with Crippen molar-refractivity contribution in [1.29, 1.82) is 0 Å². The van der Waals surface area contributed by atoms with Crippen molar-refractivity contribution in [1.82, 2.24) is 20.2 Å². The first kappa shape index (κ1) is 18.3. The summed E-state index contributed by atoms with van der Waals surface area (Å²) < 4.78 is 5.87. The topological polar surface area (TPSA) is 76.7 Å². The number of halogens is 1. The molecule has 0 atom stereocenters. The summed E-state index contributed by atoms with van der Waals surface area (Å²) in [6, 6.07) is 23.1. The quantitative estimate of drug-likeness (QED) is 0.386. The summed E-state index contributed by atoms with van der Waals surface area (Å²) in [5.74, 6) is 1.69. The van der Waals surface area contributed by atoms with E-state index in [1.54, 1.807) is 0 Å². The van der Waals surface area contributed by atoms with Gasteiger partial charge in [-0.1, -0.05) is 41.4 Å². The molecule has 0 saturated heterocycles. The van der Waals surface area contributed by atoms with E-state index in [-0.39, 0.29) is 5.89 Å². The number of fused-ring (bicyclic) bond motifs is 1. The third kappa shape index (κ3) is 3.60. The number of rotatable bonds is 4. The van der Waals surface area contributed by atoms with E-state index < -0.39 is 0 Å². The maximum atomic E-state index is 6.00. The van der Waals surface area contributed by atoms with Crippen LogP contribution in [-0.2, 0) is 0 Å². The van der Waals surface area contributed by atoms with Gasteiger partial charge in [0.15, 0.2) is 0 Å². The molecule has 0 aliphatic carbocycles. The second-order valence-corrected chi connectivity index (χ2v) is 7.26. The third-order valence-corrected chi connectivity index (χ3v) is 4.88. The number of hydrogen-bond acceptors (Lipinski definition) is 6. The highest BCUT2D eigenvalue weighted by Gasteiger charge is 2.16. The minimum Gasteiger partial charge on any atom is -0.413 e. The molecule has 5 aromatic rings. The van der Waals surface area contributed by atoms with E-state index in [1.807, 2.05) is 79.7 Å². The predicted octanol–water partition coefficient (Wildman–Crippen LogP) is 6.05. The monoisotopic (exact) mass is 413 g/mol. The largest absolute Gasteiger partial charge is 0.413 e. The summed E-state index contributed by atoms with van der Waals surface area (Å²) in [5.41, 5.74) is 3.64. The third-order valence-electron chi connectivity index (χ3n) is 4.62. The van der Waals surface area contributed by atoms with Crippen LogP contribution in [0.15, 0.2) is 77.2 Å². The summed E-state index contributed by atoms with van der Waals surface area (Å²) in [6.45, 7) is 2.03. The van der Waals surface area contributed by atoms with Gasteiger partial charge in [0.2, 0.25) is 11.7 Å². The molecule has 1 N–H and O–H groups in total. The molecule has 0 amide bonds. The minimum absolute atomic E-state index is 0.260. The Morgan fingerprint density at radius 1 is 0.800 bits per heavy atom. The summed E-state index contributed by atoms with van der Waals surface area (Å²) in [4.78, 5) is 9.27. The second-order valence-electron chi connectivity index (χ2n) is 6.82. The van der Waals surface area contributed by atoms with E-state index in [2.05, 4.69) is 25.5 Å². The van der Waals surface area contributed by atoms with Gasteiger partial charge < -0.3 is 9.73 Å². The van der Waals surface area contributed by atoms with Crippen LogP contribution < -0.4 is 5.32 Å². The summed E-state index contributed by atoms with van der Waals surface area (Å²) in [6.07, 6.45) is 0. The van der Waals surface area contributed by atoms with Gasteiger partial charge in [0.1, 0.15) is 5.82 Å². The normalized spacial score (nSPS) is 11.0. The Bertz CT molecular complexity index is 1330. The van der Waals surface area contributed by atoms with Gasteiger partial charge in [0, 0.05) is 21.7 Å². The molecule has 0 unspecified atom stereocenters. The van der Waals surface area contributed by atoms with E-state index in [4.69, 9.17) is 16.0 Å². The van der Waals surface area contributed by atoms with Crippen LogP contribution in [0.1, 0.15) is 5.56 Å². The molecule has 2 heterocycles. The van der Waals surface area contributed by atoms with E-state index in [0.29, 0.717) is 22.6 Å². The smallest absolute Gasteiger partial charge is 0.286 e. The fraction of sp³-hybridized carbons (Fsp3) is 0.0435. The van der Waals surface area contributed by atoms with Crippen molar-refractivity contribution in [3.05, 3.63) is 83.4 Å². The fourth-order valence-corrected chi connectivity index (χ4v) is 3.19. The van der Waals surface area contributed by atoms with Crippen LogP contribution in [0.4, 0.5) is 11.5 Å². The second kappa shape index (κ2) is 7.57. The molecule has 0 saturated carbocycles. The summed E-state index contributed by atoms with van der Waals surface area (Å²) in [7, 11) is 0. The number of para-hydroxylation sites is 1. The highest BCUT2D eigenvalue weighted by Crippen LogP contribution is 2.28. The first-order valence-electron chi connectivity index (χ1n) is 9.36. The summed E-state index contributed by atoms with van der Waals surface area (Å²) >= 11 is 6.00. The SMILES string of the molecule is Cc1ccc(-c2nnc(-c3nc(Nc4ccc(Cl)cc4)c4ccccc4n3)o2)cc1. The van der Waals surface area contributed by atoms with Crippen molar-refractivity contribution in [2.45, 2.75) is 6.92 Å². The molecule has 0 fully saturated rings. The Morgan fingerprint density at radius 2 is 1.53 bits per heavy atom. The number of nitrogens with zero attached hydrogens (tertiary/aromatic N) is 4. The van der Waals surface area contributed by atoms with Crippen LogP contribution in [0, 0.1) is 6.92 Å². The molecule has 7 heteroatoms. The van der Waals surface area contributed by atoms with Crippen LogP contribution in [0.3, 0.4) is 0 Å². The number of aryl methyl sites for hydroxylation is 1. The Hall–Kier alpha value is -3.77. The molecule has 6 nitrogen and oxygen atoms in total. The zero-order valence-electron chi connectivity index (χ0n) is 16.0. The first-order valence-corrected chi connectivity index (χ1v) is 9.74. The Labute approximate surface area is 177 Å². The van der Waals surface area contributed by atoms with Gasteiger partial charge in [-0.05, 0) is 55.5 Å². The molecule has 2 aromatic heterocycles. The first-order chi connectivity index (χ1) is 14.7. The number of aromatic nitrogens is 4. The van der Waals surface area contributed by atoms with Gasteiger partial charge >= 0.3 is 0 Å². The van der Waals surface area contributed by atoms with Gasteiger partial charge in [-0.2, -0.15) is 0 Å². The lowest BCUT2D eigenvalue weighted by Gasteiger charge is -2.10. The van der Waals surface area contributed by atoms with Crippen LogP contribution >= 0.6 is 11.6 Å². The van der Waals surface area contributed by atoms with Gasteiger partial charge in [0.05, 0.1) is 5.52 Å². The number of hydrogen-bond donors (Lipinski definition) is 1.